The number of hydrogen-bond donors (Lipinski definition) is 1. The molecule has 0 saturated heterocycles. The predicted octanol–water partition coefficient (Wildman–Crippen LogP) is 2.42. The first kappa shape index (κ1) is 11.0. The molecule has 0 spiro atoms. The number of hydrogen-bond acceptors (Lipinski definition) is 2. The van der Waals surface area contributed by atoms with Crippen molar-refractivity contribution in [3.05, 3.63) is 30.1 Å². The van der Waals surface area contributed by atoms with Crippen LogP contribution in [0.25, 0.3) is 0 Å². The van der Waals surface area contributed by atoms with Crippen LogP contribution < -0.4 is 5.73 Å². The Balaban J connectivity index is 2.48. The van der Waals surface area contributed by atoms with Gasteiger partial charge in [-0.3, -0.25) is 4.98 Å². The molecule has 1 unspecified atom stereocenters. The molecule has 1 aromatic heterocycles. The lowest BCUT2D eigenvalue weighted by Gasteiger charge is -2.12. The van der Waals surface area contributed by atoms with Gasteiger partial charge in [-0.05, 0) is 18.6 Å². The molecule has 78 valence electrons. The lowest BCUT2D eigenvalue weighted by Crippen LogP contribution is -2.16. The minimum absolute atomic E-state index is 0.124. The van der Waals surface area contributed by atoms with E-state index in [-0.39, 0.29) is 6.42 Å². The molecule has 0 amide bonds. The summed E-state index contributed by atoms with van der Waals surface area (Å²) in [6.45, 7) is 0. The van der Waals surface area contributed by atoms with Crippen molar-refractivity contribution in [1.82, 2.24) is 4.98 Å². The largest absolute Gasteiger partial charge is 0.389 e. The van der Waals surface area contributed by atoms with Crippen LogP contribution in [0.5, 0.6) is 0 Å². The van der Waals surface area contributed by atoms with E-state index in [9.17, 15) is 13.2 Å². The number of nitrogens with zero attached hydrogens (tertiary/aromatic N) is 1. The Hall–Kier alpha value is -1.10. The Labute approximate surface area is 79.9 Å². The number of halogens is 3. The highest BCUT2D eigenvalue weighted by Crippen LogP contribution is 2.25. The maximum Gasteiger partial charge on any atom is 0.389 e. The number of nitrogens with two attached hydrogens (primary N) is 1. The highest BCUT2D eigenvalue weighted by atomic mass is 19.4. The molecule has 1 aromatic rings. The molecule has 0 bridgehead atoms. The van der Waals surface area contributed by atoms with Gasteiger partial charge in [0.25, 0.3) is 0 Å². The fraction of sp³-hybridized carbons (Fsp3) is 0.444. The lowest BCUT2D eigenvalue weighted by atomic mass is 10.1. The van der Waals surface area contributed by atoms with E-state index in [2.05, 4.69) is 4.98 Å². The summed E-state index contributed by atoms with van der Waals surface area (Å²) in [7, 11) is 0. The van der Waals surface area contributed by atoms with E-state index >= 15 is 0 Å². The molecule has 0 aromatic carbocycles. The molecule has 0 aliphatic rings. The van der Waals surface area contributed by atoms with Crippen molar-refractivity contribution < 1.29 is 13.2 Å². The highest BCUT2D eigenvalue weighted by Gasteiger charge is 2.27. The molecule has 1 rings (SSSR count). The molecule has 1 heterocycles. The highest BCUT2D eigenvalue weighted by molar-refractivity contribution is 5.07. The molecule has 2 nitrogen and oxygen atoms in total. The number of rotatable bonds is 3. The third-order valence-corrected chi connectivity index (χ3v) is 1.81. The Bertz CT molecular complexity index is 271. The van der Waals surface area contributed by atoms with Gasteiger partial charge in [0.15, 0.2) is 0 Å². The van der Waals surface area contributed by atoms with Gasteiger partial charge in [0.05, 0.1) is 5.69 Å². The van der Waals surface area contributed by atoms with Crippen molar-refractivity contribution in [3.63, 3.8) is 0 Å². The minimum atomic E-state index is -4.15. The Morgan fingerprint density at radius 2 is 2.07 bits per heavy atom. The fourth-order valence-electron chi connectivity index (χ4n) is 1.06. The minimum Gasteiger partial charge on any atom is -0.323 e. The number of alkyl halides is 3. The van der Waals surface area contributed by atoms with Crippen molar-refractivity contribution in [2.24, 2.45) is 5.73 Å². The fourth-order valence-corrected chi connectivity index (χ4v) is 1.06. The van der Waals surface area contributed by atoms with Crippen molar-refractivity contribution in [1.29, 1.82) is 0 Å². The molecular formula is C9H11F3N2. The molecular weight excluding hydrogens is 193 g/mol. The molecule has 0 radical (unpaired) electrons. The van der Waals surface area contributed by atoms with Crippen LogP contribution in [0.4, 0.5) is 13.2 Å². The Morgan fingerprint density at radius 1 is 1.36 bits per heavy atom. The zero-order chi connectivity index (χ0) is 10.6. The number of pyridine rings is 1. The average molecular weight is 204 g/mol. The second-order valence-corrected chi connectivity index (χ2v) is 3.01. The number of aromatic nitrogens is 1. The van der Waals surface area contributed by atoms with Gasteiger partial charge in [0.1, 0.15) is 0 Å². The van der Waals surface area contributed by atoms with Crippen LogP contribution in [0.2, 0.25) is 0 Å². The summed E-state index contributed by atoms with van der Waals surface area (Å²) in [4.78, 5) is 3.89. The molecule has 0 aliphatic heterocycles. The van der Waals surface area contributed by atoms with E-state index in [1.54, 1.807) is 18.2 Å². The predicted molar refractivity (Wildman–Crippen MR) is 46.5 cm³/mol. The van der Waals surface area contributed by atoms with Gasteiger partial charge in [0.2, 0.25) is 0 Å². The van der Waals surface area contributed by atoms with Gasteiger partial charge in [0, 0.05) is 18.7 Å². The van der Waals surface area contributed by atoms with E-state index < -0.39 is 18.6 Å². The second kappa shape index (κ2) is 4.41. The van der Waals surface area contributed by atoms with Gasteiger partial charge in [-0.2, -0.15) is 13.2 Å². The van der Waals surface area contributed by atoms with Gasteiger partial charge in [-0.1, -0.05) is 6.07 Å². The van der Waals surface area contributed by atoms with E-state index in [4.69, 9.17) is 5.73 Å². The van der Waals surface area contributed by atoms with Crippen LogP contribution >= 0.6 is 0 Å². The van der Waals surface area contributed by atoms with E-state index in [1.807, 2.05) is 0 Å². The van der Waals surface area contributed by atoms with Crippen LogP contribution in [-0.2, 0) is 0 Å². The summed E-state index contributed by atoms with van der Waals surface area (Å²) in [5.41, 5.74) is 6.04. The SMILES string of the molecule is NC(CCC(F)(F)F)c1ccccn1. The lowest BCUT2D eigenvalue weighted by molar-refractivity contribution is -0.136. The Kier molecular flexibility index (Phi) is 3.46. The standard InChI is InChI=1S/C9H11F3N2/c10-9(11,12)5-4-7(13)8-3-1-2-6-14-8/h1-3,6-7H,4-5,13H2. The van der Waals surface area contributed by atoms with Gasteiger partial charge >= 0.3 is 6.18 Å². The summed E-state index contributed by atoms with van der Waals surface area (Å²) in [6.07, 6.45) is -3.62. The van der Waals surface area contributed by atoms with Crippen molar-refractivity contribution >= 4 is 0 Å². The van der Waals surface area contributed by atoms with Crippen LogP contribution in [0.1, 0.15) is 24.6 Å². The molecule has 2 N–H and O–H groups in total. The zero-order valence-electron chi connectivity index (χ0n) is 7.46. The summed E-state index contributed by atoms with van der Waals surface area (Å²) in [6, 6.07) is 4.38. The first-order valence-electron chi connectivity index (χ1n) is 4.22. The van der Waals surface area contributed by atoms with E-state index in [1.165, 1.54) is 6.20 Å². The van der Waals surface area contributed by atoms with Gasteiger partial charge < -0.3 is 5.73 Å². The zero-order valence-corrected chi connectivity index (χ0v) is 7.46. The van der Waals surface area contributed by atoms with Gasteiger partial charge in [-0.25, -0.2) is 0 Å². The third kappa shape index (κ3) is 3.74. The quantitative estimate of drug-likeness (QED) is 0.821. The van der Waals surface area contributed by atoms with Crippen LogP contribution in [-0.4, -0.2) is 11.2 Å². The maximum absolute atomic E-state index is 11.9. The van der Waals surface area contributed by atoms with E-state index in [0.717, 1.165) is 0 Å². The van der Waals surface area contributed by atoms with Gasteiger partial charge in [-0.15, -0.1) is 0 Å². The van der Waals surface area contributed by atoms with Crippen LogP contribution in [0.15, 0.2) is 24.4 Å². The maximum atomic E-state index is 11.9. The second-order valence-electron chi connectivity index (χ2n) is 3.01. The molecule has 5 heteroatoms. The normalized spacial score (nSPS) is 14.0. The Morgan fingerprint density at radius 3 is 2.57 bits per heavy atom. The first-order valence-corrected chi connectivity index (χ1v) is 4.22. The van der Waals surface area contributed by atoms with Crippen LogP contribution in [0.3, 0.4) is 0 Å². The van der Waals surface area contributed by atoms with Crippen LogP contribution in [0, 0.1) is 0 Å². The third-order valence-electron chi connectivity index (χ3n) is 1.81. The molecule has 14 heavy (non-hydrogen) atoms. The summed E-state index contributed by atoms with van der Waals surface area (Å²) >= 11 is 0. The topological polar surface area (TPSA) is 38.9 Å². The molecule has 0 fully saturated rings. The van der Waals surface area contributed by atoms with Crippen molar-refractivity contribution in [2.75, 3.05) is 0 Å². The first-order chi connectivity index (χ1) is 6.49. The molecule has 1 atom stereocenters. The van der Waals surface area contributed by atoms with Crippen molar-refractivity contribution in [2.45, 2.75) is 25.1 Å². The average Bonchev–Trinajstić information content (AvgIpc) is 2.14. The smallest absolute Gasteiger partial charge is 0.323 e. The summed E-state index contributed by atoms with van der Waals surface area (Å²) in [5.74, 6) is 0. The van der Waals surface area contributed by atoms with E-state index in [0.29, 0.717) is 5.69 Å². The molecule has 0 aliphatic carbocycles. The van der Waals surface area contributed by atoms with Crippen molar-refractivity contribution in [3.8, 4) is 0 Å². The summed E-state index contributed by atoms with van der Waals surface area (Å²) < 4.78 is 35.6. The monoisotopic (exact) mass is 204 g/mol. The molecule has 0 saturated carbocycles. The summed E-state index contributed by atoms with van der Waals surface area (Å²) in [5, 5.41) is 0.